The standard InChI is InChI=1S/C17H18N4O/c1-2-20(14-8-4-3-5-9-14)12-17(22)19-21-13-18-15-10-6-7-11-16(15)21/h3-11,13H,2,12H2,1H3,(H,19,22). The third kappa shape index (κ3) is 2.93. The maximum absolute atomic E-state index is 12.3. The first kappa shape index (κ1) is 14.1. The summed E-state index contributed by atoms with van der Waals surface area (Å²) in [5, 5.41) is 0. The molecule has 0 saturated heterocycles. The molecule has 1 N–H and O–H groups in total. The van der Waals surface area contributed by atoms with Crippen molar-refractivity contribution in [1.29, 1.82) is 0 Å². The minimum absolute atomic E-state index is 0.0751. The molecule has 1 amide bonds. The molecular formula is C17H18N4O. The molecule has 0 atom stereocenters. The zero-order valence-corrected chi connectivity index (χ0v) is 12.4. The van der Waals surface area contributed by atoms with Crippen LogP contribution in [0.25, 0.3) is 11.0 Å². The largest absolute Gasteiger partial charge is 0.362 e. The molecule has 0 aliphatic carbocycles. The lowest BCUT2D eigenvalue weighted by Gasteiger charge is -2.22. The van der Waals surface area contributed by atoms with E-state index in [4.69, 9.17) is 0 Å². The van der Waals surface area contributed by atoms with Gasteiger partial charge in [0.25, 0.3) is 5.91 Å². The van der Waals surface area contributed by atoms with E-state index in [-0.39, 0.29) is 5.91 Å². The highest BCUT2D eigenvalue weighted by Crippen LogP contribution is 2.13. The van der Waals surface area contributed by atoms with Gasteiger partial charge in [0.05, 0.1) is 17.6 Å². The number of carbonyl (C=O) groups is 1. The van der Waals surface area contributed by atoms with Crippen LogP contribution >= 0.6 is 0 Å². The van der Waals surface area contributed by atoms with E-state index in [0.717, 1.165) is 23.3 Å². The number of para-hydroxylation sites is 3. The van der Waals surface area contributed by atoms with E-state index < -0.39 is 0 Å². The first-order chi connectivity index (χ1) is 10.8. The Hall–Kier alpha value is -2.82. The fraction of sp³-hybridized carbons (Fsp3) is 0.176. The van der Waals surface area contributed by atoms with Crippen molar-refractivity contribution in [3.05, 3.63) is 60.9 Å². The van der Waals surface area contributed by atoms with Crippen LogP contribution in [-0.2, 0) is 4.79 Å². The lowest BCUT2D eigenvalue weighted by Crippen LogP contribution is -2.36. The van der Waals surface area contributed by atoms with Crippen LogP contribution in [0.5, 0.6) is 0 Å². The van der Waals surface area contributed by atoms with Gasteiger partial charge in [-0.2, -0.15) is 0 Å². The van der Waals surface area contributed by atoms with E-state index in [1.54, 1.807) is 11.0 Å². The number of rotatable bonds is 5. The van der Waals surface area contributed by atoms with Crippen LogP contribution in [0.3, 0.4) is 0 Å². The Balaban J connectivity index is 1.72. The highest BCUT2D eigenvalue weighted by molar-refractivity contribution is 5.89. The molecule has 0 radical (unpaired) electrons. The van der Waals surface area contributed by atoms with Crippen LogP contribution in [0.1, 0.15) is 6.92 Å². The van der Waals surface area contributed by atoms with Crippen molar-refractivity contribution in [2.24, 2.45) is 0 Å². The van der Waals surface area contributed by atoms with Crippen molar-refractivity contribution < 1.29 is 4.79 Å². The maximum atomic E-state index is 12.3. The number of nitrogens with one attached hydrogen (secondary N) is 1. The topological polar surface area (TPSA) is 50.2 Å². The number of benzene rings is 2. The normalized spacial score (nSPS) is 10.6. The molecule has 1 aromatic heterocycles. The maximum Gasteiger partial charge on any atom is 0.258 e. The second-order valence-electron chi connectivity index (χ2n) is 4.99. The molecule has 1 heterocycles. The predicted molar refractivity (Wildman–Crippen MR) is 88.4 cm³/mol. The number of hydrogen-bond donors (Lipinski definition) is 1. The molecule has 5 heteroatoms. The molecule has 2 aromatic carbocycles. The molecule has 0 aliphatic heterocycles. The monoisotopic (exact) mass is 294 g/mol. The number of aromatic nitrogens is 2. The number of hydrogen-bond acceptors (Lipinski definition) is 3. The van der Waals surface area contributed by atoms with Gasteiger partial charge in [-0.15, -0.1) is 0 Å². The minimum Gasteiger partial charge on any atom is -0.362 e. The van der Waals surface area contributed by atoms with Gasteiger partial charge < -0.3 is 4.90 Å². The van der Waals surface area contributed by atoms with Gasteiger partial charge in [0.2, 0.25) is 0 Å². The summed E-state index contributed by atoms with van der Waals surface area (Å²) in [6.07, 6.45) is 1.63. The van der Waals surface area contributed by atoms with E-state index in [0.29, 0.717) is 6.54 Å². The third-order valence-electron chi connectivity index (χ3n) is 3.54. The number of likely N-dealkylation sites (N-methyl/N-ethyl adjacent to an activating group) is 1. The summed E-state index contributed by atoms with van der Waals surface area (Å²) in [4.78, 5) is 18.6. The lowest BCUT2D eigenvalue weighted by molar-refractivity contribution is -0.115. The molecule has 3 rings (SSSR count). The van der Waals surface area contributed by atoms with Crippen molar-refractivity contribution in [3.8, 4) is 0 Å². The van der Waals surface area contributed by atoms with Gasteiger partial charge in [0, 0.05) is 12.2 Å². The second kappa shape index (κ2) is 6.30. The Morgan fingerprint density at radius 2 is 1.86 bits per heavy atom. The van der Waals surface area contributed by atoms with Crippen LogP contribution in [0.2, 0.25) is 0 Å². The summed E-state index contributed by atoms with van der Waals surface area (Å²) >= 11 is 0. The van der Waals surface area contributed by atoms with Crippen LogP contribution in [0, 0.1) is 0 Å². The molecule has 0 unspecified atom stereocenters. The van der Waals surface area contributed by atoms with E-state index in [9.17, 15) is 4.79 Å². The third-order valence-corrected chi connectivity index (χ3v) is 3.54. The summed E-state index contributed by atoms with van der Waals surface area (Å²) in [5.74, 6) is -0.0751. The molecule has 3 aromatic rings. The van der Waals surface area contributed by atoms with Crippen molar-refractivity contribution in [1.82, 2.24) is 9.66 Å². The van der Waals surface area contributed by atoms with Gasteiger partial charge in [0.1, 0.15) is 6.33 Å². The first-order valence-electron chi connectivity index (χ1n) is 7.30. The zero-order chi connectivity index (χ0) is 15.4. The number of anilines is 1. The van der Waals surface area contributed by atoms with E-state index in [1.807, 2.05) is 66.4 Å². The quantitative estimate of drug-likeness (QED) is 0.787. The Labute approximate surface area is 129 Å². The zero-order valence-electron chi connectivity index (χ0n) is 12.4. The van der Waals surface area contributed by atoms with E-state index in [2.05, 4.69) is 10.4 Å². The van der Waals surface area contributed by atoms with Crippen molar-refractivity contribution >= 4 is 22.6 Å². The predicted octanol–water partition coefficient (Wildman–Crippen LogP) is 2.63. The van der Waals surface area contributed by atoms with Crippen molar-refractivity contribution in [2.75, 3.05) is 23.4 Å². The molecule has 0 saturated carbocycles. The van der Waals surface area contributed by atoms with Gasteiger partial charge in [-0.25, -0.2) is 9.66 Å². The van der Waals surface area contributed by atoms with Crippen molar-refractivity contribution in [3.63, 3.8) is 0 Å². The summed E-state index contributed by atoms with van der Waals surface area (Å²) in [7, 11) is 0. The average Bonchev–Trinajstić information content (AvgIpc) is 2.96. The Bertz CT molecular complexity index is 766. The van der Waals surface area contributed by atoms with Gasteiger partial charge >= 0.3 is 0 Å². The van der Waals surface area contributed by atoms with Crippen LogP contribution < -0.4 is 10.3 Å². The first-order valence-corrected chi connectivity index (χ1v) is 7.30. The summed E-state index contributed by atoms with van der Waals surface area (Å²) < 4.78 is 1.66. The fourth-order valence-corrected chi connectivity index (χ4v) is 2.42. The molecular weight excluding hydrogens is 276 g/mol. The molecule has 0 spiro atoms. The summed E-state index contributed by atoms with van der Waals surface area (Å²) in [6.45, 7) is 3.10. The van der Waals surface area contributed by atoms with Gasteiger partial charge in [-0.3, -0.25) is 10.2 Å². The van der Waals surface area contributed by atoms with Crippen molar-refractivity contribution in [2.45, 2.75) is 6.92 Å². The minimum atomic E-state index is -0.0751. The Morgan fingerprint density at radius 1 is 1.14 bits per heavy atom. The lowest BCUT2D eigenvalue weighted by atomic mass is 10.3. The Morgan fingerprint density at radius 3 is 2.64 bits per heavy atom. The van der Waals surface area contributed by atoms with E-state index in [1.165, 1.54) is 0 Å². The molecule has 0 aliphatic rings. The molecule has 0 fully saturated rings. The fourth-order valence-electron chi connectivity index (χ4n) is 2.42. The number of nitrogens with zero attached hydrogens (tertiary/aromatic N) is 3. The van der Waals surface area contributed by atoms with E-state index >= 15 is 0 Å². The van der Waals surface area contributed by atoms with Crippen LogP contribution in [0.15, 0.2) is 60.9 Å². The average molecular weight is 294 g/mol. The van der Waals surface area contributed by atoms with Gasteiger partial charge in [0.15, 0.2) is 0 Å². The Kier molecular flexibility index (Phi) is 4.05. The second-order valence-corrected chi connectivity index (χ2v) is 4.99. The molecule has 112 valence electrons. The number of imidazole rings is 1. The molecule has 5 nitrogen and oxygen atoms in total. The van der Waals surface area contributed by atoms with Crippen LogP contribution in [-0.4, -0.2) is 28.7 Å². The highest BCUT2D eigenvalue weighted by atomic mass is 16.2. The molecule has 22 heavy (non-hydrogen) atoms. The highest BCUT2D eigenvalue weighted by Gasteiger charge is 2.11. The number of amides is 1. The SMILES string of the molecule is CCN(CC(=O)Nn1cnc2ccccc21)c1ccccc1. The van der Waals surface area contributed by atoms with Crippen LogP contribution in [0.4, 0.5) is 5.69 Å². The number of fused-ring (bicyclic) bond motifs is 1. The smallest absolute Gasteiger partial charge is 0.258 e. The van der Waals surface area contributed by atoms with Gasteiger partial charge in [-0.1, -0.05) is 30.3 Å². The molecule has 0 bridgehead atoms. The van der Waals surface area contributed by atoms with Gasteiger partial charge in [-0.05, 0) is 31.2 Å². The number of carbonyl (C=O) groups excluding carboxylic acids is 1. The summed E-state index contributed by atoms with van der Waals surface area (Å²) in [6, 6.07) is 17.6. The summed E-state index contributed by atoms with van der Waals surface area (Å²) in [5.41, 5.74) is 5.66.